The Morgan fingerprint density at radius 2 is 2.11 bits per heavy atom. The van der Waals surface area contributed by atoms with Gasteiger partial charge in [-0.2, -0.15) is 4.98 Å². The van der Waals surface area contributed by atoms with Gasteiger partial charge in [-0.15, -0.1) is 0 Å². The lowest BCUT2D eigenvalue weighted by Gasteiger charge is -2.13. The van der Waals surface area contributed by atoms with Gasteiger partial charge >= 0.3 is 0 Å². The maximum Gasteiger partial charge on any atom is 0.280 e. The first-order valence-electron chi connectivity index (χ1n) is 6.06. The van der Waals surface area contributed by atoms with Crippen molar-refractivity contribution in [1.29, 1.82) is 0 Å². The van der Waals surface area contributed by atoms with E-state index in [-0.39, 0.29) is 11.5 Å². The molecule has 19 heavy (non-hydrogen) atoms. The van der Waals surface area contributed by atoms with E-state index < -0.39 is 0 Å². The van der Waals surface area contributed by atoms with E-state index in [1.54, 1.807) is 0 Å². The van der Waals surface area contributed by atoms with E-state index in [9.17, 15) is 4.79 Å². The zero-order valence-electron chi connectivity index (χ0n) is 10.6. The molecule has 0 bridgehead atoms. The first kappa shape index (κ1) is 11.6. The first-order valence-corrected chi connectivity index (χ1v) is 6.06. The van der Waals surface area contributed by atoms with Crippen molar-refractivity contribution < 1.29 is 0 Å². The second-order valence-electron chi connectivity index (χ2n) is 4.58. The summed E-state index contributed by atoms with van der Waals surface area (Å²) in [5.41, 5.74) is 7.31. The van der Waals surface area contributed by atoms with Gasteiger partial charge in [0.15, 0.2) is 5.82 Å². The van der Waals surface area contributed by atoms with Crippen LogP contribution in [-0.4, -0.2) is 23.3 Å². The summed E-state index contributed by atoms with van der Waals surface area (Å²) in [6, 6.07) is 9.72. The molecule has 0 fully saturated rings. The third-order valence-electron chi connectivity index (χ3n) is 3.22. The third kappa shape index (κ3) is 1.91. The fourth-order valence-corrected chi connectivity index (χ4v) is 2.18. The molecule has 6 nitrogen and oxygen atoms in total. The van der Waals surface area contributed by atoms with Crippen LogP contribution in [0.4, 0.5) is 17.5 Å². The predicted molar refractivity (Wildman–Crippen MR) is 75.3 cm³/mol. The summed E-state index contributed by atoms with van der Waals surface area (Å²) in [4.78, 5) is 18.5. The van der Waals surface area contributed by atoms with E-state index in [4.69, 9.17) is 5.73 Å². The van der Waals surface area contributed by atoms with E-state index in [2.05, 4.69) is 10.3 Å². The van der Waals surface area contributed by atoms with Crippen LogP contribution >= 0.6 is 0 Å². The highest BCUT2D eigenvalue weighted by Gasteiger charge is 2.23. The lowest BCUT2D eigenvalue weighted by molar-refractivity contribution is 0.756. The number of nitrogen functional groups attached to an aromatic ring is 1. The van der Waals surface area contributed by atoms with Crippen LogP contribution in [0.15, 0.2) is 35.1 Å². The number of aromatic nitrogens is 2. The Morgan fingerprint density at radius 1 is 1.37 bits per heavy atom. The average molecular weight is 257 g/mol. The predicted octanol–water partition coefficient (Wildman–Crippen LogP) is 0.693. The van der Waals surface area contributed by atoms with Crippen molar-refractivity contribution in [2.75, 3.05) is 29.7 Å². The summed E-state index contributed by atoms with van der Waals surface area (Å²) < 4.78 is 1.49. The molecule has 2 heterocycles. The van der Waals surface area contributed by atoms with Crippen molar-refractivity contribution in [3.8, 4) is 0 Å². The Kier molecular flexibility index (Phi) is 2.63. The van der Waals surface area contributed by atoms with Crippen LogP contribution in [0, 0.1) is 0 Å². The number of nitrogens with two attached hydrogens (primary N) is 1. The molecule has 6 heteroatoms. The van der Waals surface area contributed by atoms with Gasteiger partial charge in [0.2, 0.25) is 5.95 Å². The molecule has 0 saturated carbocycles. The normalized spacial score (nSPS) is 13.2. The van der Waals surface area contributed by atoms with Crippen molar-refractivity contribution >= 4 is 17.5 Å². The number of hydrogen-bond donors (Lipinski definition) is 2. The molecular weight excluding hydrogens is 242 g/mol. The molecule has 1 aliphatic rings. The lowest BCUT2D eigenvalue weighted by Crippen LogP contribution is -2.26. The van der Waals surface area contributed by atoms with Crippen molar-refractivity contribution in [2.24, 2.45) is 0 Å². The fraction of sp³-hybridized carbons (Fsp3) is 0.231. The molecule has 3 rings (SSSR count). The van der Waals surface area contributed by atoms with Gasteiger partial charge < -0.3 is 16.0 Å². The van der Waals surface area contributed by atoms with Crippen LogP contribution < -0.4 is 21.5 Å². The van der Waals surface area contributed by atoms with Crippen LogP contribution in [0.3, 0.4) is 0 Å². The fourth-order valence-electron chi connectivity index (χ4n) is 2.18. The minimum atomic E-state index is -0.129. The molecule has 0 atom stereocenters. The Balaban J connectivity index is 2.06. The molecule has 0 unspecified atom stereocenters. The number of benzene rings is 1. The molecule has 0 amide bonds. The molecule has 98 valence electrons. The molecule has 0 spiro atoms. The smallest absolute Gasteiger partial charge is 0.280 e. The van der Waals surface area contributed by atoms with Crippen LogP contribution in [-0.2, 0) is 6.54 Å². The van der Waals surface area contributed by atoms with Gasteiger partial charge in [0.1, 0.15) is 5.69 Å². The van der Waals surface area contributed by atoms with Gasteiger partial charge in [0.05, 0.1) is 13.2 Å². The number of nitrogens with zero attached hydrogens (tertiary/aromatic N) is 3. The number of nitrogens with one attached hydrogen (secondary N) is 1. The van der Waals surface area contributed by atoms with Crippen LogP contribution in [0.25, 0.3) is 0 Å². The van der Waals surface area contributed by atoms with Crippen molar-refractivity contribution in [1.82, 2.24) is 9.55 Å². The largest absolute Gasteiger partial charge is 0.369 e. The minimum Gasteiger partial charge on any atom is -0.369 e. The number of anilines is 3. The van der Waals surface area contributed by atoms with Gasteiger partial charge in [-0.05, 0) is 5.56 Å². The number of rotatable bonds is 2. The van der Waals surface area contributed by atoms with Gasteiger partial charge in [0.25, 0.3) is 5.56 Å². The third-order valence-corrected chi connectivity index (χ3v) is 3.22. The van der Waals surface area contributed by atoms with Gasteiger partial charge in [-0.3, -0.25) is 9.36 Å². The molecule has 0 aliphatic carbocycles. The summed E-state index contributed by atoms with van der Waals surface area (Å²) >= 11 is 0. The van der Waals surface area contributed by atoms with Crippen molar-refractivity contribution in [3.05, 3.63) is 46.2 Å². The van der Waals surface area contributed by atoms with Gasteiger partial charge in [-0.1, -0.05) is 30.3 Å². The molecule has 1 aliphatic heterocycles. The van der Waals surface area contributed by atoms with Crippen molar-refractivity contribution in [3.63, 3.8) is 0 Å². The molecule has 1 aromatic carbocycles. The molecular formula is C13H15N5O. The standard InChI is InChI=1S/C13H15N5O/c1-17-8-15-10-11(17)16-13(14)18(12(10)19)7-9-5-3-2-4-6-9/h2-6,15H,7-8H2,1H3,(H2,14,16). The Morgan fingerprint density at radius 3 is 2.84 bits per heavy atom. The highest BCUT2D eigenvalue weighted by atomic mass is 16.1. The summed E-state index contributed by atoms with van der Waals surface area (Å²) in [5.74, 6) is 0.856. The SMILES string of the molecule is CN1CNc2c1nc(N)n(Cc1ccccc1)c2=O. The quantitative estimate of drug-likeness (QED) is 0.828. The topological polar surface area (TPSA) is 76.2 Å². The maximum absolute atomic E-state index is 12.4. The van der Waals surface area contributed by atoms with E-state index in [0.717, 1.165) is 5.56 Å². The van der Waals surface area contributed by atoms with Crippen LogP contribution in [0.5, 0.6) is 0 Å². The lowest BCUT2D eigenvalue weighted by atomic mass is 10.2. The Bertz CT molecular complexity index is 665. The second-order valence-corrected chi connectivity index (χ2v) is 4.58. The van der Waals surface area contributed by atoms with E-state index in [1.807, 2.05) is 42.3 Å². The van der Waals surface area contributed by atoms with Crippen LogP contribution in [0.1, 0.15) is 5.56 Å². The second kappa shape index (κ2) is 4.31. The zero-order chi connectivity index (χ0) is 13.4. The highest BCUT2D eigenvalue weighted by molar-refractivity contribution is 5.70. The first-order chi connectivity index (χ1) is 9.16. The Hall–Kier alpha value is -2.50. The van der Waals surface area contributed by atoms with E-state index in [1.165, 1.54) is 4.57 Å². The summed E-state index contributed by atoms with van der Waals surface area (Å²) in [5, 5.41) is 3.05. The van der Waals surface area contributed by atoms with Crippen LogP contribution in [0.2, 0.25) is 0 Å². The molecule has 1 aromatic heterocycles. The van der Waals surface area contributed by atoms with Crippen molar-refractivity contribution in [2.45, 2.75) is 6.54 Å². The zero-order valence-corrected chi connectivity index (χ0v) is 10.6. The minimum absolute atomic E-state index is 0.129. The molecule has 2 aromatic rings. The summed E-state index contributed by atoms with van der Waals surface area (Å²) in [6.45, 7) is 1.00. The average Bonchev–Trinajstić information content (AvgIpc) is 2.78. The Labute approximate surface area is 110 Å². The van der Waals surface area contributed by atoms with Gasteiger partial charge in [-0.25, -0.2) is 0 Å². The maximum atomic E-state index is 12.4. The number of fused-ring (bicyclic) bond motifs is 1. The monoisotopic (exact) mass is 257 g/mol. The molecule has 3 N–H and O–H groups in total. The highest BCUT2D eigenvalue weighted by Crippen LogP contribution is 2.24. The van der Waals surface area contributed by atoms with Gasteiger partial charge in [0, 0.05) is 7.05 Å². The number of hydrogen-bond acceptors (Lipinski definition) is 5. The van der Waals surface area contributed by atoms with E-state index in [0.29, 0.717) is 24.7 Å². The summed E-state index contributed by atoms with van der Waals surface area (Å²) in [6.07, 6.45) is 0. The van der Waals surface area contributed by atoms with E-state index >= 15 is 0 Å². The molecule has 0 radical (unpaired) electrons. The molecule has 0 saturated heterocycles. The summed E-state index contributed by atoms with van der Waals surface area (Å²) in [7, 11) is 1.87.